The number of likely N-dealkylation sites (tertiary alicyclic amines) is 2. The Morgan fingerprint density at radius 1 is 0.903 bits per heavy atom. The minimum Gasteiger partial charge on any atom is -0.507 e. The third kappa shape index (κ3) is 8.03. The Kier molecular flexibility index (Phi) is 10.8. The molecule has 4 N–H and O–H groups in total. The summed E-state index contributed by atoms with van der Waals surface area (Å²) in [6, 6.07) is 21.0. The number of hydrogen-bond donors (Lipinski definition) is 3. The molecule has 0 aliphatic carbocycles. The van der Waals surface area contributed by atoms with Crippen LogP contribution in [0.25, 0.3) is 22.2 Å². The van der Waals surface area contributed by atoms with Crippen molar-refractivity contribution in [3.05, 3.63) is 95.7 Å². The largest absolute Gasteiger partial charge is 0.507 e. The monoisotopic (exact) mass is 849 g/mol. The molecule has 4 aliphatic rings. The number of imide groups is 1. The number of aryl methyl sites for hydroxylation is 1. The van der Waals surface area contributed by atoms with Gasteiger partial charge < -0.3 is 30.1 Å². The Hall–Kier alpha value is -6.16. The number of phenolic OH excluding ortho intramolecular Hbond substituents is 1. The highest BCUT2D eigenvalue weighted by atomic mass is 19.3. The van der Waals surface area contributed by atoms with Crippen LogP contribution in [0.1, 0.15) is 72.0 Å². The predicted octanol–water partition coefficient (Wildman–Crippen LogP) is 7.05. The molecule has 62 heavy (non-hydrogen) atoms. The van der Waals surface area contributed by atoms with Crippen molar-refractivity contribution in [3.63, 3.8) is 0 Å². The first-order valence-electron chi connectivity index (χ1n) is 21.3. The summed E-state index contributed by atoms with van der Waals surface area (Å²) in [6.45, 7) is 4.39. The number of piperidine rings is 3. The third-order valence-corrected chi connectivity index (χ3v) is 13.3. The van der Waals surface area contributed by atoms with Gasteiger partial charge in [-0.05, 0) is 85.5 Å². The number of phenols is 1. The van der Waals surface area contributed by atoms with Gasteiger partial charge in [0.1, 0.15) is 11.4 Å². The summed E-state index contributed by atoms with van der Waals surface area (Å²) >= 11 is 0. The Balaban J connectivity index is 0.795. The van der Waals surface area contributed by atoms with Crippen molar-refractivity contribution < 1.29 is 32.7 Å². The minimum absolute atomic E-state index is 0.0145. The van der Waals surface area contributed by atoms with Crippen molar-refractivity contribution in [2.24, 2.45) is 0 Å². The average molecular weight is 850 g/mol. The highest BCUT2D eigenvalue weighted by Crippen LogP contribution is 2.44. The van der Waals surface area contributed by atoms with E-state index in [1.54, 1.807) is 64.1 Å². The van der Waals surface area contributed by atoms with Crippen LogP contribution in [0.2, 0.25) is 0 Å². The van der Waals surface area contributed by atoms with Gasteiger partial charge in [-0.3, -0.25) is 19.8 Å². The number of benzene rings is 3. The molecular weight excluding hydrogens is 800 g/mol. The van der Waals surface area contributed by atoms with Crippen molar-refractivity contribution in [2.45, 2.75) is 69.0 Å². The molecule has 0 spiro atoms. The van der Waals surface area contributed by atoms with Crippen molar-refractivity contribution in [1.82, 2.24) is 29.9 Å². The Bertz CT molecular complexity index is 2530. The number of nitrogens with two attached hydrogens (primary N) is 1. The molecule has 0 unspecified atom stereocenters. The molecule has 4 fully saturated rings. The van der Waals surface area contributed by atoms with E-state index in [-0.39, 0.29) is 74.9 Å². The summed E-state index contributed by atoms with van der Waals surface area (Å²) in [5.41, 5.74) is 9.26. The first-order valence-corrected chi connectivity index (χ1v) is 21.3. The van der Waals surface area contributed by atoms with E-state index in [0.717, 1.165) is 42.5 Å². The number of aromatic nitrogens is 3. The van der Waals surface area contributed by atoms with Crippen molar-refractivity contribution in [2.75, 3.05) is 67.9 Å². The zero-order valence-electron chi connectivity index (χ0n) is 34.6. The number of fused-ring (bicyclic) bond motifs is 1. The number of nitrogens with one attached hydrogen (secondary N) is 1. The van der Waals surface area contributed by atoms with E-state index in [1.165, 1.54) is 6.07 Å². The second-order valence-electron chi connectivity index (χ2n) is 17.3. The summed E-state index contributed by atoms with van der Waals surface area (Å²) in [4.78, 5) is 44.9. The van der Waals surface area contributed by atoms with Gasteiger partial charge in [-0.25, -0.2) is 18.0 Å². The summed E-state index contributed by atoms with van der Waals surface area (Å²) in [6.07, 6.45) is 4.07. The van der Waals surface area contributed by atoms with Crippen LogP contribution in [0.3, 0.4) is 0 Å². The van der Waals surface area contributed by atoms with E-state index in [0.29, 0.717) is 46.7 Å². The van der Waals surface area contributed by atoms with Crippen LogP contribution in [-0.4, -0.2) is 111 Å². The lowest BCUT2D eigenvalue weighted by Crippen LogP contribution is -2.51. The van der Waals surface area contributed by atoms with E-state index in [2.05, 4.69) is 31.2 Å². The maximum Gasteiger partial charge on any atom is 0.328 e. The lowest BCUT2D eigenvalue weighted by atomic mass is 9.84. The Morgan fingerprint density at radius 2 is 1.68 bits per heavy atom. The fourth-order valence-corrected chi connectivity index (χ4v) is 9.77. The highest BCUT2D eigenvalue weighted by molar-refractivity contribution is 6.06. The van der Waals surface area contributed by atoms with Crippen LogP contribution in [-0.2, 0) is 4.79 Å². The molecular formula is C46H50F3N9O4. The number of rotatable bonds is 8. The molecule has 2 aromatic heterocycles. The lowest BCUT2D eigenvalue weighted by molar-refractivity contribution is -0.120. The molecule has 3 aromatic carbocycles. The fraction of sp³-hybridized carbons (Fsp3) is 0.413. The number of nitrogen functional groups attached to an aromatic ring is 1. The maximum atomic E-state index is 16.4. The number of halogens is 3. The molecule has 5 aromatic rings. The normalized spacial score (nSPS) is 21.0. The number of hydrogen-bond acceptors (Lipinski definition) is 9. The number of para-hydroxylation sites is 1. The van der Waals surface area contributed by atoms with E-state index in [4.69, 9.17) is 5.73 Å². The van der Waals surface area contributed by atoms with Gasteiger partial charge in [0.25, 0.3) is 11.8 Å². The molecule has 4 aliphatic heterocycles. The molecule has 1 atom stereocenters. The van der Waals surface area contributed by atoms with Gasteiger partial charge in [-0.1, -0.05) is 18.2 Å². The summed E-state index contributed by atoms with van der Waals surface area (Å²) in [5.74, 6) is -4.60. The van der Waals surface area contributed by atoms with Gasteiger partial charge in [0.15, 0.2) is 5.82 Å². The standard InChI is InChI=1S/C46H50F3N9O4/c1-29-24-31(6-8-34(29)36-27-56(23-16-46(36,48)49)39-26-37(52-53-42(39)50)35-4-2-3-5-40(35)59)43(61)55-21-14-45(47,15-22-55)28-54-17-11-32(12-18-54)57-19-10-30-25-33(7-9-38(30)57)58-20-13-41(60)51-44(58)62/h2-10,19,24-26,32,36,59H,11-18,20-23,27-28H2,1H3,(H2,50,53)(H,51,60,62)/t36-/m0/s1. The third-order valence-electron chi connectivity index (χ3n) is 13.3. The highest BCUT2D eigenvalue weighted by Gasteiger charge is 2.46. The molecule has 0 bridgehead atoms. The topological polar surface area (TPSA) is 153 Å². The van der Waals surface area contributed by atoms with E-state index in [1.807, 2.05) is 24.3 Å². The van der Waals surface area contributed by atoms with Crippen LogP contribution in [0, 0.1) is 6.92 Å². The van der Waals surface area contributed by atoms with Crippen LogP contribution in [0.4, 0.5) is 35.2 Å². The van der Waals surface area contributed by atoms with Gasteiger partial charge >= 0.3 is 6.03 Å². The van der Waals surface area contributed by atoms with Crippen molar-refractivity contribution >= 4 is 45.9 Å². The minimum atomic E-state index is -3.02. The number of amides is 4. The first kappa shape index (κ1) is 41.2. The van der Waals surface area contributed by atoms with Crippen molar-refractivity contribution in [3.8, 4) is 17.0 Å². The maximum absolute atomic E-state index is 16.4. The quantitative estimate of drug-likeness (QED) is 0.149. The molecule has 0 saturated carbocycles. The molecule has 4 amide bonds. The van der Waals surface area contributed by atoms with E-state index in [9.17, 15) is 19.5 Å². The van der Waals surface area contributed by atoms with Gasteiger partial charge in [-0.15, -0.1) is 10.2 Å². The predicted molar refractivity (Wildman–Crippen MR) is 230 cm³/mol. The summed E-state index contributed by atoms with van der Waals surface area (Å²) in [5, 5.41) is 22.0. The fourth-order valence-electron chi connectivity index (χ4n) is 9.77. The molecule has 16 heteroatoms. The number of alkyl halides is 3. The number of carbonyl (C=O) groups excluding carboxylic acids is 3. The summed E-state index contributed by atoms with van der Waals surface area (Å²) in [7, 11) is 0. The number of urea groups is 1. The molecule has 6 heterocycles. The lowest BCUT2D eigenvalue weighted by Gasteiger charge is -2.41. The Morgan fingerprint density at radius 3 is 2.42 bits per heavy atom. The van der Waals surface area contributed by atoms with E-state index < -0.39 is 30.0 Å². The Labute approximate surface area is 357 Å². The number of anilines is 3. The molecule has 4 saturated heterocycles. The zero-order chi connectivity index (χ0) is 43.3. The van der Waals surface area contributed by atoms with Gasteiger partial charge in [0.2, 0.25) is 5.91 Å². The SMILES string of the molecule is Cc1cc(C(=O)N2CCC(F)(CN3CCC(n4ccc5cc(N6CCC(=O)NC6=O)ccc54)CC3)CC2)ccc1[C@@H]1CN(c2cc(-c3ccccc3O)nnc2N)CCC1(F)F. The first-order chi connectivity index (χ1) is 29.7. The number of aromatic hydroxyl groups is 1. The van der Waals surface area contributed by atoms with Gasteiger partial charge in [0.05, 0.1) is 17.3 Å². The van der Waals surface area contributed by atoms with Crippen LogP contribution < -0.4 is 20.9 Å². The second-order valence-corrected chi connectivity index (χ2v) is 17.3. The molecule has 13 nitrogen and oxygen atoms in total. The molecule has 324 valence electrons. The second kappa shape index (κ2) is 16.3. The molecule has 9 rings (SSSR count). The number of carbonyl (C=O) groups is 3. The van der Waals surface area contributed by atoms with Crippen LogP contribution >= 0.6 is 0 Å². The van der Waals surface area contributed by atoms with Crippen LogP contribution in [0.15, 0.2) is 79.0 Å². The van der Waals surface area contributed by atoms with Crippen molar-refractivity contribution in [1.29, 1.82) is 0 Å². The zero-order valence-corrected chi connectivity index (χ0v) is 34.6. The molecule has 0 radical (unpaired) electrons. The van der Waals surface area contributed by atoms with Gasteiger partial charge in [-0.2, -0.15) is 0 Å². The average Bonchev–Trinajstić information content (AvgIpc) is 3.68. The van der Waals surface area contributed by atoms with Gasteiger partial charge in [0, 0.05) is 118 Å². The number of nitrogens with zero attached hydrogens (tertiary/aromatic N) is 7. The summed E-state index contributed by atoms with van der Waals surface area (Å²) < 4.78 is 50.0. The van der Waals surface area contributed by atoms with Crippen LogP contribution in [0.5, 0.6) is 5.75 Å². The van der Waals surface area contributed by atoms with E-state index >= 15 is 13.2 Å². The smallest absolute Gasteiger partial charge is 0.328 e.